The highest BCUT2D eigenvalue weighted by Crippen LogP contribution is 2.26. The van der Waals surface area contributed by atoms with Gasteiger partial charge in [0.1, 0.15) is 0 Å². The van der Waals surface area contributed by atoms with Crippen LogP contribution < -0.4 is 0 Å². The Hall–Kier alpha value is -0.300. The maximum absolute atomic E-state index is 9.30. The van der Waals surface area contributed by atoms with E-state index < -0.39 is 0 Å². The fourth-order valence-electron chi connectivity index (χ4n) is 1.41. The Morgan fingerprint density at radius 2 is 2.22 bits per heavy atom. The molecule has 1 atom stereocenters. The summed E-state index contributed by atoms with van der Waals surface area (Å²) < 4.78 is 0. The summed E-state index contributed by atoms with van der Waals surface area (Å²) in [6, 6.07) is 0. The first-order valence-corrected chi connectivity index (χ1v) is 3.56. The highest BCUT2D eigenvalue weighted by molar-refractivity contribution is 5.17. The van der Waals surface area contributed by atoms with Crippen molar-refractivity contribution in [2.24, 2.45) is 0 Å². The average molecular weight is 126 g/mol. The van der Waals surface area contributed by atoms with E-state index in [-0.39, 0.29) is 6.10 Å². The highest BCUT2D eigenvalue weighted by atomic mass is 16.3. The molecule has 1 heteroatoms. The Balaban J connectivity index is 2.70. The molecular weight excluding hydrogens is 112 g/mol. The maximum atomic E-state index is 9.30. The molecule has 0 bridgehead atoms. The van der Waals surface area contributed by atoms with E-state index in [0.29, 0.717) is 0 Å². The van der Waals surface area contributed by atoms with E-state index in [4.69, 9.17) is 0 Å². The van der Waals surface area contributed by atoms with Gasteiger partial charge in [0.25, 0.3) is 0 Å². The van der Waals surface area contributed by atoms with Crippen molar-refractivity contribution in [2.75, 3.05) is 0 Å². The van der Waals surface area contributed by atoms with Crippen LogP contribution in [0.3, 0.4) is 0 Å². The van der Waals surface area contributed by atoms with E-state index in [9.17, 15) is 5.11 Å². The van der Waals surface area contributed by atoms with Gasteiger partial charge in [-0.05, 0) is 38.7 Å². The lowest BCUT2D eigenvalue weighted by molar-refractivity contribution is 0.217. The maximum Gasteiger partial charge on any atom is 0.0752 e. The van der Waals surface area contributed by atoms with E-state index in [2.05, 4.69) is 13.8 Å². The van der Waals surface area contributed by atoms with Crippen molar-refractivity contribution >= 4 is 0 Å². The molecule has 0 saturated heterocycles. The SMILES string of the molecule is CC(C)=C1CCCC1O. The fraction of sp³-hybridized carbons (Fsp3) is 0.750. The smallest absolute Gasteiger partial charge is 0.0752 e. The minimum atomic E-state index is -0.116. The number of hydrogen-bond acceptors (Lipinski definition) is 1. The molecule has 1 saturated carbocycles. The van der Waals surface area contributed by atoms with Gasteiger partial charge in [-0.25, -0.2) is 0 Å². The van der Waals surface area contributed by atoms with E-state index in [0.717, 1.165) is 12.8 Å². The van der Waals surface area contributed by atoms with Gasteiger partial charge < -0.3 is 5.11 Å². The summed E-state index contributed by atoms with van der Waals surface area (Å²) in [6.07, 6.45) is 3.14. The molecule has 0 aliphatic heterocycles. The number of rotatable bonds is 0. The zero-order valence-electron chi connectivity index (χ0n) is 6.15. The lowest BCUT2D eigenvalue weighted by atomic mass is 10.1. The van der Waals surface area contributed by atoms with Gasteiger partial charge in [0.15, 0.2) is 0 Å². The predicted octanol–water partition coefficient (Wildman–Crippen LogP) is 1.87. The van der Waals surface area contributed by atoms with Crippen LogP contribution in [0.25, 0.3) is 0 Å². The summed E-state index contributed by atoms with van der Waals surface area (Å²) in [7, 11) is 0. The van der Waals surface area contributed by atoms with Crippen molar-refractivity contribution in [3.8, 4) is 0 Å². The topological polar surface area (TPSA) is 20.2 Å². The molecule has 0 amide bonds. The standard InChI is InChI=1S/C8H14O/c1-6(2)7-4-3-5-8(7)9/h8-9H,3-5H2,1-2H3. The fourth-order valence-corrected chi connectivity index (χ4v) is 1.41. The van der Waals surface area contributed by atoms with Crippen LogP contribution in [0.1, 0.15) is 33.1 Å². The highest BCUT2D eigenvalue weighted by Gasteiger charge is 2.18. The Morgan fingerprint density at radius 1 is 1.56 bits per heavy atom. The molecule has 0 aromatic heterocycles. The van der Waals surface area contributed by atoms with Crippen LogP contribution in [0.2, 0.25) is 0 Å². The molecule has 1 nitrogen and oxygen atoms in total. The first-order valence-electron chi connectivity index (χ1n) is 3.56. The lowest BCUT2D eigenvalue weighted by Gasteiger charge is -2.04. The van der Waals surface area contributed by atoms with Gasteiger partial charge in [-0.15, -0.1) is 0 Å². The summed E-state index contributed by atoms with van der Waals surface area (Å²) in [5.74, 6) is 0. The molecule has 9 heavy (non-hydrogen) atoms. The molecule has 0 spiro atoms. The molecule has 1 fully saturated rings. The minimum absolute atomic E-state index is 0.116. The van der Waals surface area contributed by atoms with E-state index in [1.807, 2.05) is 0 Å². The van der Waals surface area contributed by atoms with E-state index in [1.165, 1.54) is 17.6 Å². The molecule has 0 aromatic carbocycles. The Kier molecular flexibility index (Phi) is 1.91. The van der Waals surface area contributed by atoms with Crippen LogP contribution in [0.4, 0.5) is 0 Å². The zero-order valence-corrected chi connectivity index (χ0v) is 6.15. The summed E-state index contributed by atoms with van der Waals surface area (Å²) in [5.41, 5.74) is 2.58. The van der Waals surface area contributed by atoms with E-state index >= 15 is 0 Å². The second-order valence-corrected chi connectivity index (χ2v) is 2.93. The summed E-state index contributed by atoms with van der Waals surface area (Å²) >= 11 is 0. The van der Waals surface area contributed by atoms with Gasteiger partial charge in [0.2, 0.25) is 0 Å². The largest absolute Gasteiger partial charge is 0.389 e. The van der Waals surface area contributed by atoms with Crippen molar-refractivity contribution in [3.63, 3.8) is 0 Å². The van der Waals surface area contributed by atoms with Crippen LogP contribution in [0, 0.1) is 0 Å². The lowest BCUT2D eigenvalue weighted by Crippen LogP contribution is -2.02. The van der Waals surface area contributed by atoms with Crippen molar-refractivity contribution < 1.29 is 5.11 Å². The van der Waals surface area contributed by atoms with Crippen molar-refractivity contribution in [1.82, 2.24) is 0 Å². The third kappa shape index (κ3) is 1.33. The van der Waals surface area contributed by atoms with Crippen LogP contribution in [0.5, 0.6) is 0 Å². The molecule has 0 aromatic rings. The number of aliphatic hydroxyl groups is 1. The van der Waals surface area contributed by atoms with Gasteiger partial charge in [-0.3, -0.25) is 0 Å². The molecule has 0 heterocycles. The summed E-state index contributed by atoms with van der Waals surface area (Å²) in [6.45, 7) is 4.15. The predicted molar refractivity (Wildman–Crippen MR) is 38.2 cm³/mol. The van der Waals surface area contributed by atoms with Crippen molar-refractivity contribution in [3.05, 3.63) is 11.1 Å². The second-order valence-electron chi connectivity index (χ2n) is 2.93. The molecule has 52 valence electrons. The van der Waals surface area contributed by atoms with Gasteiger partial charge in [-0.1, -0.05) is 5.57 Å². The second kappa shape index (κ2) is 2.53. The minimum Gasteiger partial charge on any atom is -0.389 e. The summed E-state index contributed by atoms with van der Waals surface area (Å²) in [5, 5.41) is 9.30. The Bertz CT molecular complexity index is 132. The van der Waals surface area contributed by atoms with Crippen LogP contribution >= 0.6 is 0 Å². The van der Waals surface area contributed by atoms with Gasteiger partial charge >= 0.3 is 0 Å². The van der Waals surface area contributed by atoms with Crippen molar-refractivity contribution in [2.45, 2.75) is 39.2 Å². The average Bonchev–Trinajstić information content (AvgIpc) is 2.13. The van der Waals surface area contributed by atoms with Gasteiger partial charge in [-0.2, -0.15) is 0 Å². The van der Waals surface area contributed by atoms with Crippen LogP contribution in [-0.2, 0) is 0 Å². The first kappa shape index (κ1) is 6.81. The normalized spacial score (nSPS) is 27.0. The van der Waals surface area contributed by atoms with Gasteiger partial charge in [0, 0.05) is 0 Å². The molecule has 1 aliphatic rings. The van der Waals surface area contributed by atoms with Gasteiger partial charge in [0.05, 0.1) is 6.10 Å². The van der Waals surface area contributed by atoms with Crippen molar-refractivity contribution in [1.29, 1.82) is 0 Å². The third-order valence-corrected chi connectivity index (χ3v) is 1.97. The molecule has 1 N–H and O–H groups in total. The Morgan fingerprint density at radius 3 is 2.44 bits per heavy atom. The molecular formula is C8H14O. The number of allylic oxidation sites excluding steroid dienone is 1. The monoisotopic (exact) mass is 126 g/mol. The Labute approximate surface area is 56.4 Å². The van der Waals surface area contributed by atoms with E-state index in [1.54, 1.807) is 0 Å². The molecule has 1 rings (SSSR count). The number of hydrogen-bond donors (Lipinski definition) is 1. The zero-order chi connectivity index (χ0) is 6.85. The first-order chi connectivity index (χ1) is 4.22. The van der Waals surface area contributed by atoms with Crippen LogP contribution in [0.15, 0.2) is 11.1 Å². The molecule has 1 unspecified atom stereocenters. The summed E-state index contributed by atoms with van der Waals surface area (Å²) in [4.78, 5) is 0. The number of aliphatic hydroxyl groups excluding tert-OH is 1. The third-order valence-electron chi connectivity index (χ3n) is 1.97. The molecule has 1 aliphatic carbocycles. The quantitative estimate of drug-likeness (QED) is 0.491. The molecule has 0 radical (unpaired) electrons. The van der Waals surface area contributed by atoms with Crippen LogP contribution in [-0.4, -0.2) is 11.2 Å².